The van der Waals surface area contributed by atoms with Crippen LogP contribution in [0.5, 0.6) is 0 Å². The fourth-order valence-corrected chi connectivity index (χ4v) is 15.0. The molecule has 6 radical (unpaired) electrons. The number of nitrogens with zero attached hydrogens (tertiary/aromatic N) is 18. The molecule has 6 aromatic carbocycles. The van der Waals surface area contributed by atoms with E-state index >= 15 is 0 Å². The van der Waals surface area contributed by atoms with E-state index in [2.05, 4.69) is 79.6 Å². The standard InChI is InChI=1S/5C11H10F5N2S.C11H11N2.2C9H5F3N3.6Ir/c2*1-8-3-9(11-6-18(2)7-17-11)5-10(4-8)19(12,13,14,15)16;2*1-8-5-9(11-17-3-4-18(11)2)7-10(6-8)19(12,13,14,15)16;1-8-5-9(11-3-4-18(2)17-11)7-10(6-8)19(12,13,14,15)16;1-9-4-3-5-10(8-9)11-6-7-13(2)12-11;2*10-9(11,12)8-5-7(14-15-8)6-3-1-2-4-13-6;;;;;;/h2*3-4,6-7H,1-2H3;3*3-6H,1-2H3;3-4,6-8H,1-2H3;2*1-5H;;;;;;/q8*-1;;;;;;. The third-order valence-corrected chi connectivity index (χ3v) is 22.8. The zero-order valence-corrected chi connectivity index (χ0v) is 93.0. The second-order valence-corrected chi connectivity index (χ2v) is 42.2. The minimum Gasteiger partial charge on any atom is -0.573 e. The van der Waals surface area contributed by atoms with Crippen molar-refractivity contribution >= 4 is 51.1 Å². The van der Waals surface area contributed by atoms with E-state index in [4.69, 9.17) is 0 Å². The summed E-state index contributed by atoms with van der Waals surface area (Å²) in [6.45, 7) is 8.63. The van der Waals surface area contributed by atoms with Crippen LogP contribution in [0.4, 0.5) is 123 Å². The third kappa shape index (κ3) is 38.5. The molecule has 0 atom stereocenters. The molecule has 0 unspecified atom stereocenters. The summed E-state index contributed by atoms with van der Waals surface area (Å²) in [5.41, 5.74) is 2.57. The van der Waals surface area contributed by atoms with Gasteiger partial charge in [-0.3, -0.25) is 39.3 Å². The number of benzene rings is 6. The van der Waals surface area contributed by atoms with Crippen molar-refractivity contribution in [1.29, 1.82) is 0 Å². The SMILES string of the molecule is Cc1cc(-c2ccn(C)n2)[c-]c(S(F)(F)(F)(F)F)c1.Cc1cc(-c2cn(C)cn2)[c-]c(S(F)(F)(F)(F)F)c1.Cc1cc(-c2cn(C)cn2)[c-]c(S(F)(F)(F)(F)F)c1.Cc1cc(-c2nccn2C)[c-]c(S(F)(F)(F)(F)F)c1.Cc1cc(-c2nccn2C)[c-]c(S(F)(F)(F)(F)F)c1.Cc1cc[c-]c(-c2ccn(C)n2)c1.FC(F)(F)c1cc(-c2ccccn2)[n-]n1.FC(F)(F)c1cc(-c2ccccn2)[n-]n1.[Ir].[Ir].[Ir].[Ir].[Ir].[Ir]. The van der Waals surface area contributed by atoms with E-state index < -0.39 is 99.3 Å². The van der Waals surface area contributed by atoms with Gasteiger partial charge < -0.3 is 38.7 Å². The number of alkyl halides is 6. The molecule has 10 aromatic heterocycles. The summed E-state index contributed by atoms with van der Waals surface area (Å²) in [4.78, 5) is 13.0. The summed E-state index contributed by atoms with van der Waals surface area (Å²) in [7, 11) is -38.8. The quantitative estimate of drug-likeness (QED) is 0.0786. The Hall–Kier alpha value is -9.22. The molecule has 0 fully saturated rings. The molecular formula is C84H71F31Ir6N18S5-8. The average Bonchev–Trinajstić information content (AvgIpc) is 1.26. The minimum absolute atomic E-state index is 0. The van der Waals surface area contributed by atoms with Crippen LogP contribution in [0.1, 0.15) is 44.8 Å². The van der Waals surface area contributed by atoms with Gasteiger partial charge in [-0.2, -0.15) is 26.3 Å². The monoisotopic (exact) mass is 3240 g/mol. The van der Waals surface area contributed by atoms with Crippen LogP contribution in [0.25, 0.3) is 90.6 Å². The molecule has 16 rings (SSSR count). The predicted octanol–water partition coefficient (Wildman–Crippen LogP) is 30.7. The van der Waals surface area contributed by atoms with Gasteiger partial charge in [0.1, 0.15) is 11.4 Å². The van der Waals surface area contributed by atoms with Crippen molar-refractivity contribution in [3.8, 4) is 90.6 Å². The van der Waals surface area contributed by atoms with E-state index in [-0.39, 0.29) is 216 Å². The molecule has 16 aromatic rings. The molecule has 0 saturated carbocycles. The molecule has 0 aliphatic carbocycles. The first-order chi connectivity index (χ1) is 62.2. The van der Waals surface area contributed by atoms with Gasteiger partial charge in [0.2, 0.25) is 0 Å². The molecule has 60 heteroatoms. The van der Waals surface area contributed by atoms with Gasteiger partial charge in [0.25, 0.3) is 51.1 Å². The molecule has 0 spiro atoms. The van der Waals surface area contributed by atoms with Crippen molar-refractivity contribution in [2.45, 2.75) is 78.4 Å². The first-order valence-electron chi connectivity index (χ1n) is 38.0. The summed E-state index contributed by atoms with van der Waals surface area (Å²) in [6, 6.07) is 41.5. The van der Waals surface area contributed by atoms with E-state index in [1.165, 1.54) is 168 Å². The smallest absolute Gasteiger partial charge is 0.431 e. The van der Waals surface area contributed by atoms with E-state index in [1.54, 1.807) is 107 Å². The number of imidazole rings is 4. The Bertz CT molecular complexity index is 6620. The van der Waals surface area contributed by atoms with Gasteiger partial charge in [0, 0.05) is 271 Å². The summed E-state index contributed by atoms with van der Waals surface area (Å²) >= 11 is 0. The first kappa shape index (κ1) is 129. The number of pyridine rings is 2. The zero-order valence-electron chi connectivity index (χ0n) is 74.5. The van der Waals surface area contributed by atoms with Crippen LogP contribution < -0.4 is 10.2 Å². The largest absolute Gasteiger partial charge is 0.573 e. The zero-order chi connectivity index (χ0) is 104. The van der Waals surface area contributed by atoms with Crippen molar-refractivity contribution < 1.29 is 244 Å². The predicted molar refractivity (Wildman–Crippen MR) is 462 cm³/mol. The van der Waals surface area contributed by atoms with Crippen molar-refractivity contribution in [2.24, 2.45) is 42.3 Å². The number of halogens is 31. The van der Waals surface area contributed by atoms with Crippen molar-refractivity contribution in [1.82, 2.24) is 88.1 Å². The molecule has 18 nitrogen and oxygen atoms in total. The molecule has 806 valence electrons. The van der Waals surface area contributed by atoms with Crippen molar-refractivity contribution in [2.75, 3.05) is 0 Å². The average molecular weight is 3240 g/mol. The molecular weight excluding hydrogens is 3160 g/mol. The number of aromatic nitrogens is 18. The minimum atomic E-state index is -9.73. The van der Waals surface area contributed by atoms with Gasteiger partial charge in [-0.1, -0.05) is 174 Å². The Morgan fingerprint density at radius 2 is 0.562 bits per heavy atom. The maximum Gasteiger partial charge on any atom is 0.431 e. The molecule has 0 amide bonds. The van der Waals surface area contributed by atoms with Crippen LogP contribution in [0.15, 0.2) is 239 Å². The Morgan fingerprint density at radius 1 is 0.285 bits per heavy atom. The van der Waals surface area contributed by atoms with Crippen LogP contribution in [-0.2, 0) is 175 Å². The second kappa shape index (κ2) is 42.4. The Kier molecular flexibility index (Phi) is 38.0. The molecule has 0 N–H and O–H groups in total. The molecule has 0 aliphatic heterocycles. The van der Waals surface area contributed by atoms with E-state index in [1.807, 2.05) is 31.4 Å². The molecule has 10 heterocycles. The first-order valence-corrected chi connectivity index (χ1v) is 47.7. The van der Waals surface area contributed by atoms with Gasteiger partial charge >= 0.3 is 12.4 Å². The van der Waals surface area contributed by atoms with E-state index in [0.29, 0.717) is 41.7 Å². The summed E-state index contributed by atoms with van der Waals surface area (Å²) in [5.74, 6) is 0.290. The summed E-state index contributed by atoms with van der Waals surface area (Å²) < 4.78 is 402. The Balaban J connectivity index is 0.000000422. The number of hydrogen-bond donors (Lipinski definition) is 0. The summed E-state index contributed by atoms with van der Waals surface area (Å²) in [5, 5.41) is 21.1. The van der Waals surface area contributed by atoms with Crippen molar-refractivity contribution in [3.05, 3.63) is 295 Å². The molecule has 0 aliphatic rings. The van der Waals surface area contributed by atoms with Crippen molar-refractivity contribution in [3.63, 3.8) is 0 Å². The van der Waals surface area contributed by atoms with Gasteiger partial charge in [-0.05, 0) is 48.8 Å². The topological polar surface area (TPSA) is 187 Å². The third-order valence-electron chi connectivity index (χ3n) is 17.6. The molecule has 0 bridgehead atoms. The van der Waals surface area contributed by atoms with Gasteiger partial charge in [-0.15, -0.1) is 182 Å². The summed E-state index contributed by atoms with van der Waals surface area (Å²) in [6.07, 6.45) is 8.83. The maximum absolute atomic E-state index is 12.8. The Labute approximate surface area is 882 Å². The molecule has 144 heavy (non-hydrogen) atoms. The van der Waals surface area contributed by atoms with Gasteiger partial charge in [0.05, 0.1) is 24.3 Å². The van der Waals surface area contributed by atoms with Gasteiger partial charge in [0.15, 0.2) is 0 Å². The van der Waals surface area contributed by atoms with Crippen LogP contribution in [0.2, 0.25) is 0 Å². The normalized spacial score (nSPS) is 13.9. The fraction of sp³-hybridized carbons (Fsp3) is 0.167. The number of aryl methyl sites for hydroxylation is 12. The van der Waals surface area contributed by atoms with E-state index in [0.717, 1.165) is 23.4 Å². The Morgan fingerprint density at radius 3 is 0.792 bits per heavy atom. The molecule has 0 saturated heterocycles. The number of rotatable bonds is 13. The van der Waals surface area contributed by atoms with Crippen LogP contribution in [-0.4, -0.2) is 77.9 Å². The number of hydrogen-bond acceptors (Lipinski definition) is 10. The van der Waals surface area contributed by atoms with Crippen LogP contribution >= 0.6 is 51.1 Å². The fourth-order valence-electron chi connectivity index (χ4n) is 11.4. The van der Waals surface area contributed by atoms with E-state index in [9.17, 15) is 123 Å². The van der Waals surface area contributed by atoms with Crippen LogP contribution in [0.3, 0.4) is 0 Å². The van der Waals surface area contributed by atoms with Gasteiger partial charge in [-0.25, -0.2) is 10.2 Å². The second-order valence-electron chi connectivity index (χ2n) is 30.3. The van der Waals surface area contributed by atoms with Crippen LogP contribution in [0, 0.1) is 77.9 Å². The maximum atomic E-state index is 12.8.